The SMILES string of the molecule is CC(C)n1ncnc1CC(CCl)(CCl)c1ccc(Br)cc1. The molecular formula is C15H18BrCl2N3. The summed E-state index contributed by atoms with van der Waals surface area (Å²) in [7, 11) is 0. The molecule has 0 aliphatic rings. The van der Waals surface area contributed by atoms with E-state index >= 15 is 0 Å². The Hall–Kier alpha value is -0.580. The van der Waals surface area contributed by atoms with Crippen LogP contribution in [0, 0.1) is 0 Å². The van der Waals surface area contributed by atoms with E-state index in [1.807, 2.05) is 16.8 Å². The number of hydrogen-bond donors (Lipinski definition) is 0. The molecule has 1 aromatic carbocycles. The van der Waals surface area contributed by atoms with Crippen LogP contribution < -0.4 is 0 Å². The number of hydrogen-bond acceptors (Lipinski definition) is 2. The van der Waals surface area contributed by atoms with E-state index in [-0.39, 0.29) is 11.5 Å². The van der Waals surface area contributed by atoms with Gasteiger partial charge in [0.1, 0.15) is 12.2 Å². The Morgan fingerprint density at radius 3 is 2.33 bits per heavy atom. The Kier molecular flexibility index (Phi) is 5.69. The van der Waals surface area contributed by atoms with Crippen LogP contribution >= 0.6 is 39.1 Å². The maximum atomic E-state index is 6.29. The van der Waals surface area contributed by atoms with Crippen molar-refractivity contribution in [3.05, 3.63) is 46.5 Å². The summed E-state index contributed by atoms with van der Waals surface area (Å²) in [4.78, 5) is 4.39. The van der Waals surface area contributed by atoms with Gasteiger partial charge in [-0.1, -0.05) is 28.1 Å². The molecule has 1 aromatic heterocycles. The zero-order valence-electron chi connectivity index (χ0n) is 12.1. The number of rotatable bonds is 6. The van der Waals surface area contributed by atoms with Crippen molar-refractivity contribution in [2.45, 2.75) is 31.7 Å². The third-order valence-corrected chi connectivity index (χ3v) is 5.15. The van der Waals surface area contributed by atoms with E-state index < -0.39 is 0 Å². The molecule has 6 heteroatoms. The molecule has 0 bridgehead atoms. The van der Waals surface area contributed by atoms with Gasteiger partial charge >= 0.3 is 0 Å². The van der Waals surface area contributed by atoms with Crippen molar-refractivity contribution in [3.63, 3.8) is 0 Å². The van der Waals surface area contributed by atoms with Gasteiger partial charge in [-0.15, -0.1) is 23.2 Å². The average molecular weight is 391 g/mol. The first kappa shape index (κ1) is 16.8. The van der Waals surface area contributed by atoms with Crippen LogP contribution in [0.15, 0.2) is 35.1 Å². The van der Waals surface area contributed by atoms with Crippen molar-refractivity contribution in [2.75, 3.05) is 11.8 Å². The van der Waals surface area contributed by atoms with E-state index in [9.17, 15) is 0 Å². The van der Waals surface area contributed by atoms with E-state index in [4.69, 9.17) is 23.2 Å². The topological polar surface area (TPSA) is 30.7 Å². The lowest BCUT2D eigenvalue weighted by atomic mass is 9.81. The first-order chi connectivity index (χ1) is 10.0. The van der Waals surface area contributed by atoms with Crippen molar-refractivity contribution >= 4 is 39.1 Å². The Morgan fingerprint density at radius 2 is 1.81 bits per heavy atom. The summed E-state index contributed by atoms with van der Waals surface area (Å²) >= 11 is 16.0. The maximum absolute atomic E-state index is 6.29. The highest BCUT2D eigenvalue weighted by Crippen LogP contribution is 2.32. The maximum Gasteiger partial charge on any atom is 0.138 e. The molecular weight excluding hydrogens is 373 g/mol. The third kappa shape index (κ3) is 3.61. The van der Waals surface area contributed by atoms with Gasteiger partial charge in [0, 0.05) is 34.1 Å². The van der Waals surface area contributed by atoms with Gasteiger partial charge in [0.05, 0.1) is 0 Å². The standard InChI is InChI=1S/C15H18BrCl2N3/c1-11(2)21-14(19-10-20-21)7-15(8-17,9-18)12-3-5-13(16)6-4-12/h3-6,10-11H,7-9H2,1-2H3. The van der Waals surface area contributed by atoms with Crippen LogP contribution in [0.1, 0.15) is 31.3 Å². The molecule has 0 spiro atoms. The van der Waals surface area contributed by atoms with Crippen LogP contribution in [0.5, 0.6) is 0 Å². The second-order valence-corrected chi connectivity index (χ2v) is 6.90. The highest BCUT2D eigenvalue weighted by Gasteiger charge is 2.33. The normalized spacial score (nSPS) is 12.1. The van der Waals surface area contributed by atoms with Crippen molar-refractivity contribution in [2.24, 2.45) is 0 Å². The minimum Gasteiger partial charge on any atom is -0.248 e. The van der Waals surface area contributed by atoms with Crippen LogP contribution in [0.3, 0.4) is 0 Å². The van der Waals surface area contributed by atoms with Crippen LogP contribution in [0.25, 0.3) is 0 Å². The molecule has 0 amide bonds. The zero-order chi connectivity index (χ0) is 15.5. The van der Waals surface area contributed by atoms with Gasteiger partial charge < -0.3 is 0 Å². The lowest BCUT2D eigenvalue weighted by molar-refractivity contribution is 0.454. The van der Waals surface area contributed by atoms with Gasteiger partial charge in [-0.05, 0) is 31.5 Å². The smallest absolute Gasteiger partial charge is 0.138 e. The molecule has 21 heavy (non-hydrogen) atoms. The quantitative estimate of drug-likeness (QED) is 0.675. The fraction of sp³-hybridized carbons (Fsp3) is 0.467. The summed E-state index contributed by atoms with van der Waals surface area (Å²) in [5.41, 5.74) is 0.776. The molecule has 0 unspecified atom stereocenters. The summed E-state index contributed by atoms with van der Waals surface area (Å²) < 4.78 is 2.96. The van der Waals surface area contributed by atoms with Crippen LogP contribution in [-0.2, 0) is 11.8 Å². The van der Waals surface area contributed by atoms with E-state index in [0.717, 1.165) is 15.9 Å². The molecule has 0 saturated heterocycles. The Morgan fingerprint density at radius 1 is 1.19 bits per heavy atom. The monoisotopic (exact) mass is 389 g/mol. The molecule has 0 radical (unpaired) electrons. The van der Waals surface area contributed by atoms with Crippen molar-refractivity contribution in [1.82, 2.24) is 14.8 Å². The lowest BCUT2D eigenvalue weighted by Gasteiger charge is -2.30. The average Bonchev–Trinajstić information content (AvgIpc) is 2.94. The van der Waals surface area contributed by atoms with Crippen molar-refractivity contribution < 1.29 is 0 Å². The van der Waals surface area contributed by atoms with Crippen LogP contribution in [0.2, 0.25) is 0 Å². The van der Waals surface area contributed by atoms with Gasteiger partial charge in [-0.25, -0.2) is 9.67 Å². The van der Waals surface area contributed by atoms with E-state index in [1.165, 1.54) is 0 Å². The van der Waals surface area contributed by atoms with Crippen LogP contribution in [0.4, 0.5) is 0 Å². The molecule has 0 aliphatic heterocycles. The molecule has 0 fully saturated rings. The van der Waals surface area contributed by atoms with Crippen molar-refractivity contribution in [1.29, 1.82) is 0 Å². The largest absolute Gasteiger partial charge is 0.248 e. The Bertz CT molecular complexity index is 577. The summed E-state index contributed by atoms with van der Waals surface area (Å²) in [6.07, 6.45) is 2.25. The molecule has 0 saturated carbocycles. The molecule has 3 nitrogen and oxygen atoms in total. The van der Waals surface area contributed by atoms with E-state index in [0.29, 0.717) is 18.2 Å². The molecule has 114 valence electrons. The van der Waals surface area contributed by atoms with Gasteiger partial charge in [0.25, 0.3) is 0 Å². The van der Waals surface area contributed by atoms with Gasteiger partial charge in [0.15, 0.2) is 0 Å². The highest BCUT2D eigenvalue weighted by molar-refractivity contribution is 9.10. The predicted molar refractivity (Wildman–Crippen MR) is 91.4 cm³/mol. The summed E-state index contributed by atoms with van der Waals surface area (Å²) in [5, 5.41) is 4.29. The second kappa shape index (κ2) is 7.12. The molecule has 1 heterocycles. The number of aromatic nitrogens is 3. The Labute approximate surface area is 143 Å². The molecule has 0 aliphatic carbocycles. The minimum atomic E-state index is -0.344. The predicted octanol–water partition coefficient (Wildman–Crippen LogP) is 4.58. The fourth-order valence-corrected chi connectivity index (χ4v) is 3.37. The minimum absolute atomic E-state index is 0.260. The van der Waals surface area contributed by atoms with Gasteiger partial charge in [-0.3, -0.25) is 0 Å². The number of benzene rings is 1. The van der Waals surface area contributed by atoms with E-state index in [2.05, 4.69) is 52.0 Å². The fourth-order valence-electron chi connectivity index (χ4n) is 2.32. The number of alkyl halides is 2. The third-order valence-electron chi connectivity index (χ3n) is 3.60. The first-order valence-electron chi connectivity index (χ1n) is 6.79. The van der Waals surface area contributed by atoms with E-state index in [1.54, 1.807) is 6.33 Å². The second-order valence-electron chi connectivity index (χ2n) is 5.45. The molecule has 2 rings (SSSR count). The molecule has 0 N–H and O–H groups in total. The van der Waals surface area contributed by atoms with Gasteiger partial charge in [-0.2, -0.15) is 5.10 Å². The first-order valence-corrected chi connectivity index (χ1v) is 8.65. The van der Waals surface area contributed by atoms with Crippen molar-refractivity contribution in [3.8, 4) is 0 Å². The van der Waals surface area contributed by atoms with Crippen LogP contribution in [-0.4, -0.2) is 26.5 Å². The molecule has 0 atom stereocenters. The Balaban J connectivity index is 2.38. The van der Waals surface area contributed by atoms with Gasteiger partial charge in [0.2, 0.25) is 0 Å². The summed E-state index contributed by atoms with van der Waals surface area (Å²) in [5.74, 6) is 1.78. The number of nitrogens with zero attached hydrogens (tertiary/aromatic N) is 3. The lowest BCUT2D eigenvalue weighted by Crippen LogP contribution is -2.34. The highest BCUT2D eigenvalue weighted by atomic mass is 79.9. The molecule has 2 aromatic rings. The summed E-state index contributed by atoms with van der Waals surface area (Å²) in [6.45, 7) is 4.17. The summed E-state index contributed by atoms with van der Waals surface area (Å²) in [6, 6.07) is 8.40. The number of halogens is 3. The zero-order valence-corrected chi connectivity index (χ0v) is 15.2.